The van der Waals surface area contributed by atoms with Gasteiger partial charge in [-0.1, -0.05) is 25.7 Å². The molecular weight excluding hydrogens is 408 g/mol. The van der Waals surface area contributed by atoms with Crippen molar-refractivity contribution in [3.8, 4) is 0 Å². The number of nitrogens with zero attached hydrogens (tertiary/aromatic N) is 1. The molecule has 3 rings (SSSR count). The van der Waals surface area contributed by atoms with E-state index in [1.165, 1.54) is 19.3 Å². The highest BCUT2D eigenvalue weighted by Crippen LogP contribution is 2.29. The third-order valence-electron chi connectivity index (χ3n) is 5.40. The van der Waals surface area contributed by atoms with Crippen molar-refractivity contribution in [2.45, 2.75) is 57.4 Å². The molecule has 0 radical (unpaired) electrons. The van der Waals surface area contributed by atoms with Gasteiger partial charge in [-0.25, -0.2) is 0 Å². The molecule has 1 aromatic carbocycles. The first-order valence-electron chi connectivity index (χ1n) is 10.3. The number of fused-ring (bicyclic) bond motifs is 1. The Bertz CT molecular complexity index is 814. The highest BCUT2D eigenvalue weighted by atomic mass is 35.5. The molecule has 1 aromatic rings. The van der Waals surface area contributed by atoms with Crippen molar-refractivity contribution in [2.75, 3.05) is 18.4 Å². The second-order valence-electron chi connectivity index (χ2n) is 7.54. The summed E-state index contributed by atoms with van der Waals surface area (Å²) < 4.78 is 0. The molecule has 0 aliphatic carbocycles. The van der Waals surface area contributed by atoms with Gasteiger partial charge in [0.2, 0.25) is 11.8 Å². The fourth-order valence-corrected chi connectivity index (χ4v) is 3.79. The summed E-state index contributed by atoms with van der Waals surface area (Å²) in [4.78, 5) is 49.9. The molecule has 8 nitrogen and oxygen atoms in total. The molecule has 1 fully saturated rings. The number of rotatable bonds is 10. The lowest BCUT2D eigenvalue weighted by molar-refractivity contribution is -0.136. The van der Waals surface area contributed by atoms with Crippen LogP contribution in [-0.4, -0.2) is 47.7 Å². The summed E-state index contributed by atoms with van der Waals surface area (Å²) in [7, 11) is 0. The molecule has 1 unspecified atom stereocenters. The molecule has 2 aliphatic heterocycles. The molecule has 4 N–H and O–H groups in total. The minimum Gasteiger partial charge on any atom is -0.385 e. The maximum atomic E-state index is 12.8. The van der Waals surface area contributed by atoms with E-state index in [9.17, 15) is 19.2 Å². The summed E-state index contributed by atoms with van der Waals surface area (Å²) in [6, 6.07) is 4.13. The minimum absolute atomic E-state index is 0. The van der Waals surface area contributed by atoms with Crippen LogP contribution < -0.4 is 16.4 Å². The number of anilines is 1. The molecule has 0 spiro atoms. The van der Waals surface area contributed by atoms with Crippen LogP contribution in [0.3, 0.4) is 0 Å². The zero-order valence-electron chi connectivity index (χ0n) is 16.9. The molecule has 2 heterocycles. The van der Waals surface area contributed by atoms with Crippen LogP contribution in [-0.2, 0) is 9.59 Å². The first kappa shape index (κ1) is 23.8. The summed E-state index contributed by atoms with van der Waals surface area (Å²) in [5.74, 6) is -1.94. The minimum atomic E-state index is -0.934. The Morgan fingerprint density at radius 3 is 2.33 bits per heavy atom. The van der Waals surface area contributed by atoms with E-state index in [0.29, 0.717) is 11.1 Å². The van der Waals surface area contributed by atoms with Gasteiger partial charge in [0.1, 0.15) is 6.04 Å². The van der Waals surface area contributed by atoms with Gasteiger partial charge in [-0.15, -0.1) is 12.4 Å². The molecule has 2 aliphatic rings. The van der Waals surface area contributed by atoms with Crippen LogP contribution in [0.15, 0.2) is 18.2 Å². The molecule has 9 heteroatoms. The van der Waals surface area contributed by atoms with Crippen LogP contribution in [0.2, 0.25) is 0 Å². The van der Waals surface area contributed by atoms with Crippen LogP contribution in [0, 0.1) is 0 Å². The number of unbranched alkanes of at least 4 members (excludes halogenated alkanes) is 5. The van der Waals surface area contributed by atoms with E-state index in [-0.39, 0.29) is 31.2 Å². The lowest BCUT2D eigenvalue weighted by atomic mass is 10.0. The van der Waals surface area contributed by atoms with Gasteiger partial charge in [-0.3, -0.25) is 29.4 Å². The van der Waals surface area contributed by atoms with Crippen LogP contribution in [0.25, 0.3) is 0 Å². The number of nitrogens with one attached hydrogen (secondary N) is 2. The van der Waals surface area contributed by atoms with Crippen molar-refractivity contribution < 1.29 is 19.2 Å². The first-order chi connectivity index (χ1) is 14.0. The molecule has 0 aromatic heterocycles. The maximum Gasteiger partial charge on any atom is 0.262 e. The summed E-state index contributed by atoms with van der Waals surface area (Å²) in [6.45, 7) is 1.54. The summed E-state index contributed by atoms with van der Waals surface area (Å²) in [6.07, 6.45) is 7.06. The third kappa shape index (κ3) is 5.37. The van der Waals surface area contributed by atoms with E-state index in [0.717, 1.165) is 42.9 Å². The predicted molar refractivity (Wildman–Crippen MR) is 116 cm³/mol. The normalized spacial score (nSPS) is 18.2. The van der Waals surface area contributed by atoms with Gasteiger partial charge >= 0.3 is 0 Å². The largest absolute Gasteiger partial charge is 0.385 e. The van der Waals surface area contributed by atoms with Crippen molar-refractivity contribution in [3.05, 3.63) is 29.3 Å². The average Bonchev–Trinajstić information content (AvgIpc) is 2.94. The monoisotopic (exact) mass is 436 g/mol. The van der Waals surface area contributed by atoms with Crippen molar-refractivity contribution in [2.24, 2.45) is 5.73 Å². The number of carbonyl (C=O) groups excluding carboxylic acids is 4. The number of amides is 4. The Kier molecular flexibility index (Phi) is 8.80. The quantitative estimate of drug-likeness (QED) is 0.382. The van der Waals surface area contributed by atoms with Gasteiger partial charge < -0.3 is 11.1 Å². The number of hydrogen-bond donors (Lipinski definition) is 3. The fourth-order valence-electron chi connectivity index (χ4n) is 3.79. The number of imide groups is 2. The maximum absolute atomic E-state index is 12.8. The Balaban J connectivity index is 0.00000320. The first-order valence-corrected chi connectivity index (χ1v) is 10.3. The Hall–Kier alpha value is -2.45. The number of nitrogens with two attached hydrogens (primary N) is 1. The van der Waals surface area contributed by atoms with E-state index >= 15 is 0 Å². The predicted octanol–water partition coefficient (Wildman–Crippen LogP) is 2.22. The topological polar surface area (TPSA) is 122 Å². The third-order valence-corrected chi connectivity index (χ3v) is 5.40. The second-order valence-corrected chi connectivity index (χ2v) is 7.54. The zero-order chi connectivity index (χ0) is 20.8. The van der Waals surface area contributed by atoms with Gasteiger partial charge in [0, 0.05) is 18.7 Å². The lowest BCUT2D eigenvalue weighted by Crippen LogP contribution is -2.54. The molecule has 0 bridgehead atoms. The molecule has 30 heavy (non-hydrogen) atoms. The Labute approximate surface area is 182 Å². The molecule has 1 saturated heterocycles. The smallest absolute Gasteiger partial charge is 0.262 e. The molecule has 4 amide bonds. The van der Waals surface area contributed by atoms with Crippen molar-refractivity contribution in [1.29, 1.82) is 0 Å². The SMILES string of the molecule is Cl.NCCCCCCCCNc1ccc2c(c1)C(=O)N(C1CCC(=O)NC1=O)C2=O. The van der Waals surface area contributed by atoms with E-state index in [1.54, 1.807) is 18.2 Å². The van der Waals surface area contributed by atoms with Crippen molar-refractivity contribution in [3.63, 3.8) is 0 Å². The number of halogens is 1. The van der Waals surface area contributed by atoms with Crippen LogP contribution in [0.5, 0.6) is 0 Å². The molecule has 1 atom stereocenters. The van der Waals surface area contributed by atoms with Crippen molar-refractivity contribution >= 4 is 41.7 Å². The van der Waals surface area contributed by atoms with Gasteiger partial charge in [-0.05, 0) is 44.0 Å². The number of hydrogen-bond acceptors (Lipinski definition) is 6. The lowest BCUT2D eigenvalue weighted by Gasteiger charge is -2.27. The Morgan fingerprint density at radius 1 is 0.967 bits per heavy atom. The van der Waals surface area contributed by atoms with E-state index in [2.05, 4.69) is 10.6 Å². The van der Waals surface area contributed by atoms with E-state index in [4.69, 9.17) is 5.73 Å². The number of benzene rings is 1. The Morgan fingerprint density at radius 2 is 1.63 bits per heavy atom. The molecular formula is C21H29ClN4O4. The molecule has 164 valence electrons. The van der Waals surface area contributed by atoms with Crippen molar-refractivity contribution in [1.82, 2.24) is 10.2 Å². The zero-order valence-corrected chi connectivity index (χ0v) is 17.8. The average molecular weight is 437 g/mol. The van der Waals surface area contributed by atoms with Gasteiger partial charge in [0.05, 0.1) is 11.1 Å². The molecule has 0 saturated carbocycles. The van der Waals surface area contributed by atoms with E-state index in [1.807, 2.05) is 0 Å². The van der Waals surface area contributed by atoms with Crippen LogP contribution in [0.1, 0.15) is 72.1 Å². The number of piperidine rings is 1. The fraction of sp³-hybridized carbons (Fsp3) is 0.524. The highest BCUT2D eigenvalue weighted by molar-refractivity contribution is 6.23. The van der Waals surface area contributed by atoms with Crippen LogP contribution in [0.4, 0.5) is 5.69 Å². The van der Waals surface area contributed by atoms with Gasteiger partial charge in [0.25, 0.3) is 11.8 Å². The number of carbonyl (C=O) groups is 4. The van der Waals surface area contributed by atoms with Gasteiger partial charge in [0.15, 0.2) is 0 Å². The van der Waals surface area contributed by atoms with Crippen LogP contribution >= 0.6 is 12.4 Å². The van der Waals surface area contributed by atoms with E-state index < -0.39 is 23.8 Å². The highest BCUT2D eigenvalue weighted by Gasteiger charge is 2.44. The second kappa shape index (κ2) is 11.1. The summed E-state index contributed by atoms with van der Waals surface area (Å²) >= 11 is 0. The summed E-state index contributed by atoms with van der Waals surface area (Å²) in [5, 5.41) is 5.49. The standard InChI is InChI=1S/C21H28N4O4.ClH/c22-11-5-3-1-2-4-6-12-23-14-7-8-15-16(13-14)21(29)25(20(15)28)17-9-10-18(26)24-19(17)27;/h7-8,13,17,23H,1-6,9-12,22H2,(H,24,26,27);1H. The van der Waals surface area contributed by atoms with Gasteiger partial charge in [-0.2, -0.15) is 0 Å². The summed E-state index contributed by atoms with van der Waals surface area (Å²) in [5.41, 5.74) is 6.85.